The van der Waals surface area contributed by atoms with E-state index in [1.54, 1.807) is 32.0 Å². The number of rotatable bonds is 0. The molecule has 2 rings (SSSR count). The average Bonchev–Trinajstić information content (AvgIpc) is 2.25. The SMILES string of the molecule is CC1(C)Oc2ccc(C#N)cc2[C@@H](N)[C@@H]1O. The molecule has 0 aromatic heterocycles. The molecule has 0 saturated heterocycles. The van der Waals surface area contributed by atoms with E-state index in [1.165, 1.54) is 0 Å². The van der Waals surface area contributed by atoms with Crippen LogP contribution in [0.2, 0.25) is 0 Å². The third-order valence-corrected chi connectivity index (χ3v) is 2.92. The van der Waals surface area contributed by atoms with E-state index < -0.39 is 17.7 Å². The lowest BCUT2D eigenvalue weighted by molar-refractivity contribution is -0.0571. The first-order valence-electron chi connectivity index (χ1n) is 5.12. The van der Waals surface area contributed by atoms with Gasteiger partial charge in [0.15, 0.2) is 0 Å². The molecule has 0 saturated carbocycles. The molecule has 1 aromatic carbocycles. The second-order valence-corrected chi connectivity index (χ2v) is 4.54. The Hall–Kier alpha value is -1.57. The highest BCUT2D eigenvalue weighted by atomic mass is 16.5. The van der Waals surface area contributed by atoms with Gasteiger partial charge in [0, 0.05) is 5.56 Å². The van der Waals surface area contributed by atoms with E-state index in [9.17, 15) is 5.11 Å². The molecule has 4 nitrogen and oxygen atoms in total. The molecule has 0 fully saturated rings. The summed E-state index contributed by atoms with van der Waals surface area (Å²) in [5.74, 6) is 0.641. The van der Waals surface area contributed by atoms with Crippen LogP contribution in [0.15, 0.2) is 18.2 Å². The molecule has 1 heterocycles. The minimum Gasteiger partial charge on any atom is -0.485 e. The van der Waals surface area contributed by atoms with Gasteiger partial charge in [-0.25, -0.2) is 0 Å². The summed E-state index contributed by atoms with van der Waals surface area (Å²) in [6.07, 6.45) is -0.783. The zero-order chi connectivity index (χ0) is 11.9. The van der Waals surface area contributed by atoms with Crippen LogP contribution < -0.4 is 10.5 Å². The highest BCUT2D eigenvalue weighted by Gasteiger charge is 2.41. The molecule has 0 bridgehead atoms. The highest BCUT2D eigenvalue weighted by molar-refractivity contribution is 5.46. The van der Waals surface area contributed by atoms with E-state index in [-0.39, 0.29) is 0 Å². The summed E-state index contributed by atoms with van der Waals surface area (Å²) in [6.45, 7) is 3.58. The Morgan fingerprint density at radius 2 is 2.19 bits per heavy atom. The van der Waals surface area contributed by atoms with Crippen LogP contribution in [0, 0.1) is 11.3 Å². The van der Waals surface area contributed by atoms with Crippen LogP contribution in [0.1, 0.15) is 31.0 Å². The van der Waals surface area contributed by atoms with E-state index in [4.69, 9.17) is 15.7 Å². The van der Waals surface area contributed by atoms with Crippen molar-refractivity contribution < 1.29 is 9.84 Å². The number of nitriles is 1. The lowest BCUT2D eigenvalue weighted by atomic mass is 9.86. The highest BCUT2D eigenvalue weighted by Crippen LogP contribution is 2.38. The van der Waals surface area contributed by atoms with E-state index in [1.807, 2.05) is 6.07 Å². The number of hydrogen-bond donors (Lipinski definition) is 2. The molecule has 84 valence electrons. The largest absolute Gasteiger partial charge is 0.485 e. The molecule has 1 aliphatic rings. The topological polar surface area (TPSA) is 79.3 Å². The summed E-state index contributed by atoms with van der Waals surface area (Å²) in [7, 11) is 0. The monoisotopic (exact) mass is 218 g/mol. The summed E-state index contributed by atoms with van der Waals surface area (Å²) >= 11 is 0. The van der Waals surface area contributed by atoms with Crippen LogP contribution in [0.4, 0.5) is 0 Å². The van der Waals surface area contributed by atoms with Crippen molar-refractivity contribution in [3.05, 3.63) is 29.3 Å². The Kier molecular flexibility index (Phi) is 2.38. The van der Waals surface area contributed by atoms with Crippen LogP contribution in [0.3, 0.4) is 0 Å². The van der Waals surface area contributed by atoms with Gasteiger partial charge in [-0.1, -0.05) is 0 Å². The number of aliphatic hydroxyl groups is 1. The Morgan fingerprint density at radius 1 is 1.50 bits per heavy atom. The molecule has 0 amide bonds. The van der Waals surface area contributed by atoms with Gasteiger partial charge in [-0.05, 0) is 32.0 Å². The molecular formula is C12H14N2O2. The number of benzene rings is 1. The van der Waals surface area contributed by atoms with Gasteiger partial charge in [0.05, 0.1) is 17.7 Å². The summed E-state index contributed by atoms with van der Waals surface area (Å²) in [6, 6.07) is 6.59. The Bertz CT molecular complexity index is 463. The van der Waals surface area contributed by atoms with Gasteiger partial charge in [-0.15, -0.1) is 0 Å². The predicted octanol–water partition coefficient (Wildman–Crippen LogP) is 1.09. The second-order valence-electron chi connectivity index (χ2n) is 4.54. The fourth-order valence-electron chi connectivity index (χ4n) is 1.92. The molecular weight excluding hydrogens is 204 g/mol. The van der Waals surface area contributed by atoms with Crippen LogP contribution >= 0.6 is 0 Å². The second kappa shape index (κ2) is 3.48. The van der Waals surface area contributed by atoms with Gasteiger partial charge in [0.25, 0.3) is 0 Å². The van der Waals surface area contributed by atoms with Crippen LogP contribution in [0.5, 0.6) is 5.75 Å². The third kappa shape index (κ3) is 1.54. The number of ether oxygens (including phenoxy) is 1. The summed E-state index contributed by atoms with van der Waals surface area (Å²) in [4.78, 5) is 0. The van der Waals surface area contributed by atoms with E-state index in [0.29, 0.717) is 16.9 Å². The number of aliphatic hydroxyl groups excluding tert-OH is 1. The molecule has 0 aliphatic carbocycles. The van der Waals surface area contributed by atoms with E-state index in [0.717, 1.165) is 0 Å². The maximum Gasteiger partial charge on any atom is 0.131 e. The lowest BCUT2D eigenvalue weighted by Crippen LogP contribution is -2.51. The van der Waals surface area contributed by atoms with Gasteiger partial charge in [-0.3, -0.25) is 0 Å². The van der Waals surface area contributed by atoms with Crippen molar-refractivity contribution in [2.75, 3.05) is 0 Å². The Labute approximate surface area is 94.3 Å². The molecule has 1 aliphatic heterocycles. The standard InChI is InChI=1S/C12H14N2O2/c1-12(2)11(15)10(14)8-5-7(6-13)3-4-9(8)16-12/h3-5,10-11,15H,14H2,1-2H3/t10-,11+/m1/s1. The third-order valence-electron chi connectivity index (χ3n) is 2.92. The molecule has 0 radical (unpaired) electrons. The normalized spacial score (nSPS) is 26.4. The van der Waals surface area contributed by atoms with Crippen molar-refractivity contribution in [3.8, 4) is 11.8 Å². The maximum absolute atomic E-state index is 9.98. The number of fused-ring (bicyclic) bond motifs is 1. The van der Waals surface area contributed by atoms with Gasteiger partial charge >= 0.3 is 0 Å². The van der Waals surface area contributed by atoms with Crippen LogP contribution in [-0.2, 0) is 0 Å². The molecule has 0 unspecified atom stereocenters. The fraction of sp³-hybridized carbons (Fsp3) is 0.417. The van der Waals surface area contributed by atoms with Gasteiger partial charge in [0.2, 0.25) is 0 Å². The molecule has 2 atom stereocenters. The van der Waals surface area contributed by atoms with Gasteiger partial charge in [-0.2, -0.15) is 5.26 Å². The smallest absolute Gasteiger partial charge is 0.131 e. The van der Waals surface area contributed by atoms with E-state index >= 15 is 0 Å². The average molecular weight is 218 g/mol. The van der Waals surface area contributed by atoms with Crippen LogP contribution in [-0.4, -0.2) is 16.8 Å². The molecule has 4 heteroatoms. The lowest BCUT2D eigenvalue weighted by Gasteiger charge is -2.40. The van der Waals surface area contributed by atoms with Crippen molar-refractivity contribution in [1.29, 1.82) is 5.26 Å². The van der Waals surface area contributed by atoms with E-state index in [2.05, 4.69) is 0 Å². The van der Waals surface area contributed by atoms with Crippen molar-refractivity contribution in [1.82, 2.24) is 0 Å². The fourth-order valence-corrected chi connectivity index (χ4v) is 1.92. The molecule has 0 spiro atoms. The van der Waals surface area contributed by atoms with Gasteiger partial charge < -0.3 is 15.6 Å². The first-order valence-corrected chi connectivity index (χ1v) is 5.12. The summed E-state index contributed by atoms with van der Waals surface area (Å²) in [5, 5.41) is 18.8. The minimum absolute atomic E-state index is 0.518. The summed E-state index contributed by atoms with van der Waals surface area (Å²) < 4.78 is 5.66. The zero-order valence-corrected chi connectivity index (χ0v) is 9.27. The van der Waals surface area contributed by atoms with Crippen LogP contribution in [0.25, 0.3) is 0 Å². The van der Waals surface area contributed by atoms with Crippen molar-refractivity contribution in [2.45, 2.75) is 31.6 Å². The minimum atomic E-state index is -0.783. The number of hydrogen-bond acceptors (Lipinski definition) is 4. The molecule has 3 N–H and O–H groups in total. The van der Waals surface area contributed by atoms with Gasteiger partial charge in [0.1, 0.15) is 17.5 Å². The van der Waals surface area contributed by atoms with Crippen molar-refractivity contribution in [2.24, 2.45) is 5.73 Å². The van der Waals surface area contributed by atoms with Crippen molar-refractivity contribution >= 4 is 0 Å². The summed E-state index contributed by atoms with van der Waals surface area (Å²) in [5.41, 5.74) is 6.45. The molecule has 1 aromatic rings. The number of nitrogens with zero attached hydrogens (tertiary/aromatic N) is 1. The molecule has 16 heavy (non-hydrogen) atoms. The Balaban J connectivity index is 2.52. The number of nitrogens with two attached hydrogens (primary N) is 1. The maximum atomic E-state index is 9.98. The first kappa shape index (κ1) is 10.9. The predicted molar refractivity (Wildman–Crippen MR) is 58.8 cm³/mol. The zero-order valence-electron chi connectivity index (χ0n) is 9.27. The Morgan fingerprint density at radius 3 is 2.81 bits per heavy atom. The first-order chi connectivity index (χ1) is 7.45. The quantitative estimate of drug-likeness (QED) is 0.683. The van der Waals surface area contributed by atoms with Crippen molar-refractivity contribution in [3.63, 3.8) is 0 Å².